The van der Waals surface area contributed by atoms with E-state index < -0.39 is 0 Å². The summed E-state index contributed by atoms with van der Waals surface area (Å²) in [4.78, 5) is 11.7. The second-order valence-corrected chi connectivity index (χ2v) is 5.95. The van der Waals surface area contributed by atoms with Gasteiger partial charge in [0.15, 0.2) is 5.78 Å². The van der Waals surface area contributed by atoms with Crippen LogP contribution in [0.5, 0.6) is 0 Å². The molecule has 0 aromatic carbocycles. The van der Waals surface area contributed by atoms with Crippen LogP contribution >= 0.6 is 0 Å². The van der Waals surface area contributed by atoms with Crippen molar-refractivity contribution in [3.63, 3.8) is 0 Å². The van der Waals surface area contributed by atoms with Crippen LogP contribution in [0.25, 0.3) is 0 Å². The summed E-state index contributed by atoms with van der Waals surface area (Å²) in [6, 6.07) is 0. The van der Waals surface area contributed by atoms with Crippen molar-refractivity contribution in [2.24, 2.45) is 17.3 Å². The van der Waals surface area contributed by atoms with Crippen LogP contribution in [0.1, 0.15) is 46.5 Å². The average Bonchev–Trinajstić information content (AvgIpc) is 2.53. The Labute approximate surface area is 97.7 Å². The van der Waals surface area contributed by atoms with Gasteiger partial charge in [0.25, 0.3) is 0 Å². The minimum Gasteiger partial charge on any atom is -0.393 e. The maximum atomic E-state index is 11.7. The van der Waals surface area contributed by atoms with Gasteiger partial charge >= 0.3 is 0 Å². The molecule has 2 aliphatic carbocycles. The summed E-state index contributed by atoms with van der Waals surface area (Å²) in [5, 5.41) is 9.32. The van der Waals surface area contributed by atoms with E-state index in [-0.39, 0.29) is 11.5 Å². The molecule has 0 aromatic rings. The fourth-order valence-corrected chi connectivity index (χ4v) is 3.24. The number of aliphatic hydroxyl groups excluding tert-OH is 1. The van der Waals surface area contributed by atoms with Gasteiger partial charge in [-0.15, -0.1) is 0 Å². The van der Waals surface area contributed by atoms with Gasteiger partial charge in [0.05, 0.1) is 6.10 Å². The molecule has 0 amide bonds. The van der Waals surface area contributed by atoms with Gasteiger partial charge in [-0.2, -0.15) is 0 Å². The molecule has 0 aromatic heterocycles. The lowest BCUT2D eigenvalue weighted by molar-refractivity contribution is -0.115. The number of carbonyl (C=O) groups excluding carboxylic acids is 1. The molecule has 2 nitrogen and oxygen atoms in total. The first-order valence-electron chi connectivity index (χ1n) is 6.36. The highest BCUT2D eigenvalue weighted by atomic mass is 16.3. The molecule has 2 aliphatic rings. The molecule has 0 aliphatic heterocycles. The second kappa shape index (κ2) is 3.99. The van der Waals surface area contributed by atoms with Crippen LogP contribution in [0.15, 0.2) is 11.6 Å². The summed E-state index contributed by atoms with van der Waals surface area (Å²) in [6.07, 6.45) is 5.46. The Balaban J connectivity index is 1.99. The molecule has 0 heterocycles. The van der Waals surface area contributed by atoms with E-state index in [0.717, 1.165) is 24.8 Å². The first-order valence-corrected chi connectivity index (χ1v) is 6.36. The Morgan fingerprint density at radius 1 is 1.56 bits per heavy atom. The van der Waals surface area contributed by atoms with E-state index in [2.05, 4.69) is 19.9 Å². The van der Waals surface area contributed by atoms with Gasteiger partial charge in [0, 0.05) is 6.42 Å². The monoisotopic (exact) mass is 222 g/mol. The third kappa shape index (κ3) is 1.95. The number of allylic oxidation sites excluding steroid dienone is 2. The number of aliphatic hydroxyl groups is 1. The van der Waals surface area contributed by atoms with Crippen molar-refractivity contribution in [1.29, 1.82) is 0 Å². The van der Waals surface area contributed by atoms with Crippen LogP contribution in [0, 0.1) is 17.3 Å². The normalized spacial score (nSPS) is 33.8. The number of Topliss-reactive ketones (excluding diaryl/α,β-unsaturated/α-hetero) is 1. The second-order valence-electron chi connectivity index (χ2n) is 5.95. The number of carbonyl (C=O) groups is 1. The van der Waals surface area contributed by atoms with Crippen molar-refractivity contribution in [3.05, 3.63) is 11.6 Å². The van der Waals surface area contributed by atoms with Crippen LogP contribution in [0.3, 0.4) is 0 Å². The van der Waals surface area contributed by atoms with E-state index in [9.17, 15) is 9.90 Å². The highest BCUT2D eigenvalue weighted by Crippen LogP contribution is 2.64. The fraction of sp³-hybridized carbons (Fsp3) is 0.786. The smallest absolute Gasteiger partial charge is 0.159 e. The lowest BCUT2D eigenvalue weighted by atomic mass is 10.0. The van der Waals surface area contributed by atoms with Gasteiger partial charge in [-0.3, -0.25) is 4.79 Å². The van der Waals surface area contributed by atoms with Gasteiger partial charge in [0.2, 0.25) is 0 Å². The Kier molecular flexibility index (Phi) is 2.95. The SMILES string of the molecule is CC(O)CC[C@@H]1[C@H](C2=CCCC2=O)C1(C)C. The van der Waals surface area contributed by atoms with Crippen molar-refractivity contribution < 1.29 is 9.90 Å². The summed E-state index contributed by atoms with van der Waals surface area (Å²) in [6.45, 7) is 6.33. The highest BCUT2D eigenvalue weighted by Gasteiger charge is 2.59. The van der Waals surface area contributed by atoms with Crippen LogP contribution in [-0.4, -0.2) is 17.0 Å². The zero-order chi connectivity index (χ0) is 11.9. The highest BCUT2D eigenvalue weighted by molar-refractivity contribution is 5.98. The topological polar surface area (TPSA) is 37.3 Å². The van der Waals surface area contributed by atoms with Gasteiger partial charge in [-0.25, -0.2) is 0 Å². The first kappa shape index (κ1) is 11.8. The molecule has 1 unspecified atom stereocenters. The minimum atomic E-state index is -0.217. The number of rotatable bonds is 4. The van der Waals surface area contributed by atoms with Crippen molar-refractivity contribution in [2.75, 3.05) is 0 Å². The zero-order valence-electron chi connectivity index (χ0n) is 10.5. The van der Waals surface area contributed by atoms with E-state index >= 15 is 0 Å². The molecular weight excluding hydrogens is 200 g/mol. The summed E-state index contributed by atoms with van der Waals surface area (Å²) >= 11 is 0. The summed E-state index contributed by atoms with van der Waals surface area (Å²) in [5.41, 5.74) is 1.35. The molecule has 90 valence electrons. The van der Waals surface area contributed by atoms with E-state index in [4.69, 9.17) is 0 Å². The van der Waals surface area contributed by atoms with E-state index in [1.54, 1.807) is 0 Å². The summed E-state index contributed by atoms with van der Waals surface area (Å²) in [7, 11) is 0. The summed E-state index contributed by atoms with van der Waals surface area (Å²) in [5.74, 6) is 1.41. The predicted molar refractivity (Wildman–Crippen MR) is 64.0 cm³/mol. The molecule has 16 heavy (non-hydrogen) atoms. The molecular formula is C14H22O2. The van der Waals surface area contributed by atoms with Gasteiger partial charge < -0.3 is 5.11 Å². The molecule has 1 N–H and O–H groups in total. The standard InChI is InChI=1S/C14H22O2/c1-9(15)7-8-11-13(14(11,2)3)10-5-4-6-12(10)16/h5,9,11,13,15H,4,6-8H2,1-3H3/t9?,11-,13+/m1/s1. The molecule has 0 bridgehead atoms. The third-order valence-corrected chi connectivity index (χ3v) is 4.34. The van der Waals surface area contributed by atoms with Crippen LogP contribution in [0.2, 0.25) is 0 Å². The first-order chi connectivity index (χ1) is 7.44. The molecule has 1 saturated carbocycles. The van der Waals surface area contributed by atoms with Crippen LogP contribution < -0.4 is 0 Å². The van der Waals surface area contributed by atoms with Gasteiger partial charge in [-0.05, 0) is 49.0 Å². The lowest BCUT2D eigenvalue weighted by Gasteiger charge is -2.04. The molecule has 0 radical (unpaired) electrons. The van der Waals surface area contributed by atoms with Crippen molar-refractivity contribution in [2.45, 2.75) is 52.6 Å². The lowest BCUT2D eigenvalue weighted by Crippen LogP contribution is -2.02. The van der Waals surface area contributed by atoms with Crippen LogP contribution in [-0.2, 0) is 4.79 Å². The average molecular weight is 222 g/mol. The Bertz CT molecular complexity index is 326. The molecule has 2 rings (SSSR count). The Morgan fingerprint density at radius 3 is 2.75 bits per heavy atom. The van der Waals surface area contributed by atoms with Gasteiger partial charge in [-0.1, -0.05) is 19.9 Å². The Morgan fingerprint density at radius 2 is 2.25 bits per heavy atom. The van der Waals surface area contributed by atoms with E-state index in [1.807, 2.05) is 6.92 Å². The van der Waals surface area contributed by atoms with Gasteiger partial charge in [0.1, 0.15) is 0 Å². The van der Waals surface area contributed by atoms with Crippen molar-refractivity contribution in [3.8, 4) is 0 Å². The van der Waals surface area contributed by atoms with Crippen molar-refractivity contribution >= 4 is 5.78 Å². The predicted octanol–water partition coefficient (Wildman–Crippen LogP) is 2.71. The van der Waals surface area contributed by atoms with E-state index in [1.165, 1.54) is 0 Å². The number of hydrogen-bond acceptors (Lipinski definition) is 2. The van der Waals surface area contributed by atoms with E-state index in [0.29, 0.717) is 24.0 Å². The zero-order valence-corrected chi connectivity index (χ0v) is 10.5. The molecule has 2 heteroatoms. The number of ketones is 1. The molecule has 0 spiro atoms. The van der Waals surface area contributed by atoms with Crippen molar-refractivity contribution in [1.82, 2.24) is 0 Å². The number of hydrogen-bond donors (Lipinski definition) is 1. The van der Waals surface area contributed by atoms with Crippen LogP contribution in [0.4, 0.5) is 0 Å². The maximum Gasteiger partial charge on any atom is 0.159 e. The summed E-state index contributed by atoms with van der Waals surface area (Å²) < 4.78 is 0. The Hall–Kier alpha value is -0.630. The maximum absolute atomic E-state index is 11.7. The molecule has 0 saturated heterocycles. The molecule has 3 atom stereocenters. The largest absolute Gasteiger partial charge is 0.393 e. The quantitative estimate of drug-likeness (QED) is 0.794. The third-order valence-electron chi connectivity index (χ3n) is 4.34. The minimum absolute atomic E-state index is 0.217. The molecule has 1 fully saturated rings. The fourth-order valence-electron chi connectivity index (χ4n) is 3.24.